The van der Waals surface area contributed by atoms with Crippen molar-refractivity contribution in [1.29, 1.82) is 0 Å². The highest BCUT2D eigenvalue weighted by atomic mass is 32.2. The number of thioether (sulfide) groups is 1. The van der Waals surface area contributed by atoms with E-state index in [0.717, 1.165) is 6.08 Å². The van der Waals surface area contributed by atoms with Gasteiger partial charge < -0.3 is 9.84 Å². The first-order valence-electron chi connectivity index (χ1n) is 2.93. The summed E-state index contributed by atoms with van der Waals surface area (Å²) in [6.07, 6.45) is 2.40. The summed E-state index contributed by atoms with van der Waals surface area (Å²) in [6, 6.07) is 0. The second-order valence-electron chi connectivity index (χ2n) is 1.91. The molecule has 1 rings (SSSR count). The molecule has 0 saturated carbocycles. The van der Waals surface area contributed by atoms with Crippen LogP contribution in [0.2, 0.25) is 0 Å². The van der Waals surface area contributed by atoms with E-state index in [0.29, 0.717) is 10.1 Å². The normalized spacial score (nSPS) is 24.0. The van der Waals surface area contributed by atoms with Crippen molar-refractivity contribution in [2.24, 2.45) is 0 Å². The molecule has 0 aromatic carbocycles. The lowest BCUT2D eigenvalue weighted by Gasteiger charge is -1.99. The largest absolute Gasteiger partial charge is 0.478 e. The predicted molar refractivity (Wildman–Crippen MR) is 46.7 cm³/mol. The van der Waals surface area contributed by atoms with E-state index in [1.165, 1.54) is 17.8 Å². The number of aliphatic carboxylic acids is 1. The topological polar surface area (TPSA) is 46.5 Å². The van der Waals surface area contributed by atoms with Gasteiger partial charge in [0, 0.05) is 11.8 Å². The van der Waals surface area contributed by atoms with E-state index in [1.807, 2.05) is 0 Å². The second kappa shape index (κ2) is 3.73. The molecular formula is C6H6O3S2. The van der Waals surface area contributed by atoms with Crippen molar-refractivity contribution in [1.82, 2.24) is 0 Å². The van der Waals surface area contributed by atoms with E-state index < -0.39 is 5.97 Å². The van der Waals surface area contributed by atoms with Gasteiger partial charge >= 0.3 is 5.97 Å². The van der Waals surface area contributed by atoms with Crippen molar-refractivity contribution in [2.75, 3.05) is 5.75 Å². The van der Waals surface area contributed by atoms with Crippen molar-refractivity contribution in [3.05, 3.63) is 12.2 Å². The van der Waals surface area contributed by atoms with Gasteiger partial charge in [0.05, 0.1) is 0 Å². The fourth-order valence-corrected chi connectivity index (χ4v) is 1.63. The molecule has 11 heavy (non-hydrogen) atoms. The number of carboxylic acids is 1. The molecule has 3 nitrogen and oxygen atoms in total. The summed E-state index contributed by atoms with van der Waals surface area (Å²) in [6.45, 7) is 0. The first kappa shape index (κ1) is 8.55. The van der Waals surface area contributed by atoms with Crippen LogP contribution in [0.5, 0.6) is 0 Å². The van der Waals surface area contributed by atoms with Gasteiger partial charge in [-0.1, -0.05) is 11.8 Å². The zero-order valence-electron chi connectivity index (χ0n) is 5.52. The van der Waals surface area contributed by atoms with Crippen LogP contribution in [0.3, 0.4) is 0 Å². The minimum Gasteiger partial charge on any atom is -0.478 e. The Kier molecular flexibility index (Phi) is 2.90. The molecule has 0 amide bonds. The Labute approximate surface area is 73.4 Å². The number of carboxylic acid groups (broad SMARTS) is 1. The first-order chi connectivity index (χ1) is 5.18. The maximum Gasteiger partial charge on any atom is 0.328 e. The third-order valence-corrected chi connectivity index (χ3v) is 2.34. The van der Waals surface area contributed by atoms with Crippen molar-refractivity contribution in [2.45, 2.75) is 6.10 Å². The molecule has 1 heterocycles. The Morgan fingerprint density at radius 3 is 3.09 bits per heavy atom. The summed E-state index contributed by atoms with van der Waals surface area (Å²) in [5.74, 6) is -0.251. The molecule has 1 N–H and O–H groups in total. The summed E-state index contributed by atoms with van der Waals surface area (Å²) in [4.78, 5) is 10.1. The van der Waals surface area contributed by atoms with E-state index in [1.54, 1.807) is 0 Å². The number of ether oxygens (including phenoxy) is 1. The number of rotatable bonds is 2. The summed E-state index contributed by atoms with van der Waals surface area (Å²) >= 11 is 6.16. The molecule has 1 fully saturated rings. The Hall–Kier alpha value is -0.550. The molecule has 1 aliphatic rings. The Morgan fingerprint density at radius 1 is 1.91 bits per heavy atom. The number of hydrogen-bond acceptors (Lipinski definition) is 4. The van der Waals surface area contributed by atoms with Crippen LogP contribution < -0.4 is 0 Å². The highest BCUT2D eigenvalue weighted by Gasteiger charge is 2.18. The second-order valence-corrected chi connectivity index (χ2v) is 3.54. The minimum absolute atomic E-state index is 0.163. The Morgan fingerprint density at radius 2 is 2.64 bits per heavy atom. The van der Waals surface area contributed by atoms with Crippen molar-refractivity contribution in [3.8, 4) is 0 Å². The van der Waals surface area contributed by atoms with E-state index in [9.17, 15) is 4.79 Å². The molecule has 1 unspecified atom stereocenters. The van der Waals surface area contributed by atoms with E-state index in [2.05, 4.69) is 0 Å². The predicted octanol–water partition coefficient (Wildman–Crippen LogP) is 1.04. The van der Waals surface area contributed by atoms with Gasteiger partial charge in [-0.25, -0.2) is 4.79 Å². The van der Waals surface area contributed by atoms with Gasteiger partial charge in [-0.15, -0.1) is 0 Å². The monoisotopic (exact) mass is 190 g/mol. The third kappa shape index (κ3) is 2.90. The average Bonchev–Trinajstić information content (AvgIpc) is 2.31. The average molecular weight is 190 g/mol. The summed E-state index contributed by atoms with van der Waals surface area (Å²) in [5.41, 5.74) is 0. The van der Waals surface area contributed by atoms with Gasteiger partial charge in [-0.2, -0.15) is 0 Å². The molecule has 0 radical (unpaired) electrons. The number of hydrogen-bond donors (Lipinski definition) is 1. The zero-order chi connectivity index (χ0) is 8.27. The van der Waals surface area contributed by atoms with E-state index in [-0.39, 0.29) is 6.10 Å². The molecule has 0 aliphatic carbocycles. The summed E-state index contributed by atoms with van der Waals surface area (Å²) in [5, 5.41) is 8.26. The molecule has 0 bridgehead atoms. The van der Waals surface area contributed by atoms with Crippen LogP contribution in [-0.4, -0.2) is 27.3 Å². The molecule has 1 aliphatic heterocycles. The van der Waals surface area contributed by atoms with Gasteiger partial charge in [-0.3, -0.25) is 0 Å². The van der Waals surface area contributed by atoms with Crippen LogP contribution in [0.25, 0.3) is 0 Å². The molecule has 0 aromatic heterocycles. The maximum atomic E-state index is 10.1. The van der Waals surface area contributed by atoms with Crippen molar-refractivity contribution < 1.29 is 14.6 Å². The van der Waals surface area contributed by atoms with Crippen LogP contribution in [0.15, 0.2) is 12.2 Å². The van der Waals surface area contributed by atoms with Crippen LogP contribution in [-0.2, 0) is 9.53 Å². The molecule has 0 spiro atoms. The van der Waals surface area contributed by atoms with Crippen LogP contribution in [0.1, 0.15) is 0 Å². The Balaban J connectivity index is 2.39. The lowest BCUT2D eigenvalue weighted by molar-refractivity contribution is -0.131. The van der Waals surface area contributed by atoms with Gasteiger partial charge in [-0.05, 0) is 18.3 Å². The summed E-state index contributed by atoms with van der Waals surface area (Å²) in [7, 11) is 0. The smallest absolute Gasteiger partial charge is 0.328 e. The lowest BCUT2D eigenvalue weighted by Crippen LogP contribution is -2.05. The molecule has 1 atom stereocenters. The highest BCUT2D eigenvalue weighted by Crippen LogP contribution is 2.20. The zero-order valence-corrected chi connectivity index (χ0v) is 7.15. The van der Waals surface area contributed by atoms with Crippen molar-refractivity contribution >= 4 is 34.3 Å². The van der Waals surface area contributed by atoms with Crippen LogP contribution >= 0.6 is 24.0 Å². The van der Waals surface area contributed by atoms with Gasteiger partial charge in [0.1, 0.15) is 6.10 Å². The molecule has 5 heteroatoms. The molecule has 0 aromatic rings. The molecular weight excluding hydrogens is 184 g/mol. The SMILES string of the molecule is O=C(O)C=CC1CSC(=S)O1. The van der Waals surface area contributed by atoms with Crippen LogP contribution in [0, 0.1) is 0 Å². The highest BCUT2D eigenvalue weighted by molar-refractivity contribution is 8.22. The summed E-state index contributed by atoms with van der Waals surface area (Å²) < 4.78 is 5.55. The minimum atomic E-state index is -0.962. The molecule has 60 valence electrons. The third-order valence-electron chi connectivity index (χ3n) is 1.07. The van der Waals surface area contributed by atoms with Gasteiger partial charge in [0.15, 0.2) is 0 Å². The van der Waals surface area contributed by atoms with E-state index >= 15 is 0 Å². The fraction of sp³-hybridized carbons (Fsp3) is 0.333. The van der Waals surface area contributed by atoms with Gasteiger partial charge in [0.25, 0.3) is 0 Å². The lowest BCUT2D eigenvalue weighted by atomic mass is 10.3. The fourth-order valence-electron chi connectivity index (χ4n) is 0.626. The van der Waals surface area contributed by atoms with E-state index in [4.69, 9.17) is 22.1 Å². The van der Waals surface area contributed by atoms with Crippen LogP contribution in [0.4, 0.5) is 0 Å². The number of carbonyl (C=O) groups is 1. The number of thiocarbonyl (C=S) groups is 1. The van der Waals surface area contributed by atoms with Crippen molar-refractivity contribution in [3.63, 3.8) is 0 Å². The first-order valence-corrected chi connectivity index (χ1v) is 4.32. The quantitative estimate of drug-likeness (QED) is 0.521. The maximum absolute atomic E-state index is 10.1. The standard InChI is InChI=1S/C6H6O3S2/c7-5(8)2-1-4-3-11-6(10)9-4/h1-2,4H,3H2,(H,7,8). The Bertz CT molecular complexity index is 212. The van der Waals surface area contributed by atoms with Gasteiger partial charge in [0.2, 0.25) is 4.38 Å². The molecule has 1 saturated heterocycles.